The van der Waals surface area contributed by atoms with E-state index in [4.69, 9.17) is 9.47 Å². The van der Waals surface area contributed by atoms with Crippen LogP contribution < -0.4 is 20.1 Å². The number of hydrogen-bond acceptors (Lipinski definition) is 4. The third kappa shape index (κ3) is 5.23. The van der Waals surface area contributed by atoms with Crippen molar-refractivity contribution in [2.45, 2.75) is 31.8 Å². The van der Waals surface area contributed by atoms with E-state index in [-0.39, 0.29) is 18.2 Å². The Morgan fingerprint density at radius 3 is 2.41 bits per heavy atom. The molecule has 0 unspecified atom stereocenters. The first-order valence-electron chi connectivity index (χ1n) is 8.96. The van der Waals surface area contributed by atoms with E-state index in [0.717, 1.165) is 24.0 Å². The lowest BCUT2D eigenvalue weighted by Gasteiger charge is -2.11. The first-order chi connectivity index (χ1) is 13.1. The van der Waals surface area contributed by atoms with Gasteiger partial charge in [0.2, 0.25) is 5.91 Å². The molecule has 1 fully saturated rings. The van der Waals surface area contributed by atoms with Gasteiger partial charge in [0, 0.05) is 29.8 Å². The average Bonchev–Trinajstić information content (AvgIpc) is 3.51. The van der Waals surface area contributed by atoms with Crippen LogP contribution in [-0.2, 0) is 17.8 Å². The van der Waals surface area contributed by atoms with E-state index in [1.54, 1.807) is 38.5 Å². The Hall–Kier alpha value is -3.02. The van der Waals surface area contributed by atoms with Gasteiger partial charge in [0.1, 0.15) is 11.5 Å². The molecule has 0 aromatic heterocycles. The van der Waals surface area contributed by atoms with Crippen molar-refractivity contribution in [2.75, 3.05) is 14.2 Å². The second kappa shape index (κ2) is 8.58. The van der Waals surface area contributed by atoms with Crippen molar-refractivity contribution in [3.05, 3.63) is 59.2 Å². The molecule has 2 aromatic rings. The Balaban J connectivity index is 1.52. The van der Waals surface area contributed by atoms with Gasteiger partial charge < -0.3 is 20.1 Å². The summed E-state index contributed by atoms with van der Waals surface area (Å²) in [6, 6.07) is 13.0. The summed E-state index contributed by atoms with van der Waals surface area (Å²) in [5.74, 6) is 1.16. The van der Waals surface area contributed by atoms with Crippen LogP contribution in [0.4, 0.5) is 0 Å². The van der Waals surface area contributed by atoms with Gasteiger partial charge in [-0.25, -0.2) is 0 Å². The van der Waals surface area contributed by atoms with Crippen molar-refractivity contribution in [1.29, 1.82) is 0 Å². The molecule has 0 bridgehead atoms. The third-order valence-corrected chi connectivity index (χ3v) is 4.46. The molecule has 6 nitrogen and oxygen atoms in total. The maximum absolute atomic E-state index is 12.2. The van der Waals surface area contributed by atoms with Gasteiger partial charge in [-0.05, 0) is 36.6 Å². The summed E-state index contributed by atoms with van der Waals surface area (Å²) in [5.41, 5.74) is 2.37. The van der Waals surface area contributed by atoms with Crippen LogP contribution in [0.5, 0.6) is 11.5 Å². The first-order valence-corrected chi connectivity index (χ1v) is 8.96. The van der Waals surface area contributed by atoms with Gasteiger partial charge in [-0.3, -0.25) is 9.59 Å². The highest BCUT2D eigenvalue weighted by Gasteiger charge is 2.23. The molecule has 2 amide bonds. The molecule has 1 saturated carbocycles. The number of amides is 2. The fourth-order valence-electron chi connectivity index (χ4n) is 2.70. The molecule has 0 spiro atoms. The van der Waals surface area contributed by atoms with Crippen LogP contribution >= 0.6 is 0 Å². The molecule has 0 saturated heterocycles. The van der Waals surface area contributed by atoms with Crippen LogP contribution in [0.15, 0.2) is 42.5 Å². The topological polar surface area (TPSA) is 76.7 Å². The molecule has 142 valence electrons. The average molecular weight is 368 g/mol. The molecule has 27 heavy (non-hydrogen) atoms. The van der Waals surface area contributed by atoms with Gasteiger partial charge in [0.05, 0.1) is 20.6 Å². The molecule has 3 rings (SSSR count). The van der Waals surface area contributed by atoms with Crippen LogP contribution in [-0.4, -0.2) is 32.1 Å². The van der Waals surface area contributed by atoms with E-state index in [1.807, 2.05) is 18.2 Å². The first kappa shape index (κ1) is 18.8. The van der Waals surface area contributed by atoms with E-state index in [2.05, 4.69) is 10.6 Å². The Morgan fingerprint density at radius 1 is 1.04 bits per heavy atom. The number of ether oxygens (including phenoxy) is 2. The molecule has 1 aliphatic carbocycles. The summed E-state index contributed by atoms with van der Waals surface area (Å²) >= 11 is 0. The lowest BCUT2D eigenvalue weighted by atomic mass is 10.1. The van der Waals surface area contributed by atoms with E-state index in [9.17, 15) is 9.59 Å². The molecule has 0 heterocycles. The number of nitrogens with one attached hydrogen (secondary N) is 2. The molecule has 2 N–H and O–H groups in total. The highest BCUT2D eigenvalue weighted by atomic mass is 16.5. The van der Waals surface area contributed by atoms with E-state index >= 15 is 0 Å². The van der Waals surface area contributed by atoms with E-state index < -0.39 is 0 Å². The normalized spacial score (nSPS) is 13.0. The van der Waals surface area contributed by atoms with E-state index in [1.165, 1.54) is 0 Å². The Bertz CT molecular complexity index is 813. The van der Waals surface area contributed by atoms with Crippen LogP contribution in [0.25, 0.3) is 0 Å². The highest BCUT2D eigenvalue weighted by Crippen LogP contribution is 2.25. The number of carbonyl (C=O) groups is 2. The van der Waals surface area contributed by atoms with Gasteiger partial charge in [-0.1, -0.05) is 18.2 Å². The fraction of sp³-hybridized carbons (Fsp3) is 0.333. The zero-order valence-electron chi connectivity index (χ0n) is 15.6. The number of hydrogen-bond donors (Lipinski definition) is 2. The smallest absolute Gasteiger partial charge is 0.251 e. The Labute approximate surface area is 158 Å². The Kier molecular flexibility index (Phi) is 5.96. The molecule has 6 heteroatoms. The van der Waals surface area contributed by atoms with Crippen molar-refractivity contribution < 1.29 is 19.1 Å². The van der Waals surface area contributed by atoms with Gasteiger partial charge in [-0.2, -0.15) is 0 Å². The quantitative estimate of drug-likeness (QED) is 0.750. The number of rotatable bonds is 8. The summed E-state index contributed by atoms with van der Waals surface area (Å²) < 4.78 is 10.5. The maximum Gasteiger partial charge on any atom is 0.251 e. The predicted molar refractivity (Wildman–Crippen MR) is 102 cm³/mol. The van der Waals surface area contributed by atoms with Gasteiger partial charge >= 0.3 is 0 Å². The molecular formula is C21H24N2O4. The monoisotopic (exact) mass is 368 g/mol. The number of carbonyl (C=O) groups excluding carboxylic acids is 2. The largest absolute Gasteiger partial charge is 0.497 e. The zero-order chi connectivity index (χ0) is 19.2. The maximum atomic E-state index is 12.2. The minimum absolute atomic E-state index is 0.0420. The SMILES string of the molecule is COc1ccc(CC(=O)NCc2ccc(C(=O)NC3CC3)cc2)c(OC)c1. The number of methoxy groups -OCH3 is 2. The molecule has 0 atom stereocenters. The highest BCUT2D eigenvalue weighted by molar-refractivity contribution is 5.94. The minimum Gasteiger partial charge on any atom is -0.497 e. The third-order valence-electron chi connectivity index (χ3n) is 4.46. The van der Waals surface area contributed by atoms with Crippen molar-refractivity contribution >= 4 is 11.8 Å². The van der Waals surface area contributed by atoms with Crippen molar-refractivity contribution in [3.8, 4) is 11.5 Å². The van der Waals surface area contributed by atoms with Crippen molar-refractivity contribution in [3.63, 3.8) is 0 Å². The molecule has 0 radical (unpaired) electrons. The molecule has 0 aliphatic heterocycles. The fourth-order valence-corrected chi connectivity index (χ4v) is 2.70. The summed E-state index contributed by atoms with van der Waals surface area (Å²) in [6.45, 7) is 0.405. The minimum atomic E-state index is -0.103. The Morgan fingerprint density at radius 2 is 1.78 bits per heavy atom. The molecular weight excluding hydrogens is 344 g/mol. The van der Waals surface area contributed by atoms with Crippen LogP contribution in [0.1, 0.15) is 34.3 Å². The van der Waals surface area contributed by atoms with Crippen LogP contribution in [0.2, 0.25) is 0 Å². The van der Waals surface area contributed by atoms with E-state index in [0.29, 0.717) is 29.6 Å². The summed E-state index contributed by atoms with van der Waals surface area (Å²) in [4.78, 5) is 24.2. The standard InChI is InChI=1S/C21H24N2O4/c1-26-18-10-7-16(19(12-18)27-2)11-20(24)22-13-14-3-5-15(6-4-14)21(25)23-17-8-9-17/h3-7,10,12,17H,8-9,11,13H2,1-2H3,(H,22,24)(H,23,25). The van der Waals surface area contributed by atoms with Crippen LogP contribution in [0, 0.1) is 0 Å². The van der Waals surface area contributed by atoms with Crippen molar-refractivity contribution in [1.82, 2.24) is 10.6 Å². The summed E-state index contributed by atoms with van der Waals surface area (Å²) in [7, 11) is 3.15. The number of benzene rings is 2. The van der Waals surface area contributed by atoms with Crippen molar-refractivity contribution in [2.24, 2.45) is 0 Å². The lowest BCUT2D eigenvalue weighted by Crippen LogP contribution is -2.26. The summed E-state index contributed by atoms with van der Waals surface area (Å²) in [6.07, 6.45) is 2.35. The van der Waals surface area contributed by atoms with Crippen LogP contribution in [0.3, 0.4) is 0 Å². The second-order valence-corrected chi connectivity index (χ2v) is 6.58. The predicted octanol–water partition coefficient (Wildman–Crippen LogP) is 2.45. The molecule has 1 aliphatic rings. The van der Waals surface area contributed by atoms with Gasteiger partial charge in [-0.15, -0.1) is 0 Å². The summed E-state index contributed by atoms with van der Waals surface area (Å²) in [5, 5.41) is 5.85. The lowest BCUT2D eigenvalue weighted by molar-refractivity contribution is -0.120. The zero-order valence-corrected chi connectivity index (χ0v) is 15.6. The van der Waals surface area contributed by atoms with Gasteiger partial charge in [0.25, 0.3) is 5.91 Å². The van der Waals surface area contributed by atoms with Gasteiger partial charge in [0.15, 0.2) is 0 Å². The second-order valence-electron chi connectivity index (χ2n) is 6.58. The molecule has 2 aromatic carbocycles.